The Morgan fingerprint density at radius 3 is 2.65 bits per heavy atom. The Labute approximate surface area is 101 Å². The standard InChI is InChI=1S/C14H17NO2/c1-9-5-4-6-11-10(2)12(7-8-13(16)17)15(3)14(9)11/h4-6H,7-8H2,1-3H3,(H,16,17). The average molecular weight is 231 g/mol. The minimum Gasteiger partial charge on any atom is -0.481 e. The van der Waals surface area contributed by atoms with E-state index in [1.165, 1.54) is 22.0 Å². The number of fused-ring (bicyclic) bond motifs is 1. The fraction of sp³-hybridized carbons (Fsp3) is 0.357. The summed E-state index contributed by atoms with van der Waals surface area (Å²) in [4.78, 5) is 10.7. The van der Waals surface area contributed by atoms with Gasteiger partial charge in [-0.1, -0.05) is 18.2 Å². The number of aryl methyl sites for hydroxylation is 3. The Morgan fingerprint density at radius 1 is 1.35 bits per heavy atom. The van der Waals surface area contributed by atoms with E-state index in [1.807, 2.05) is 13.1 Å². The van der Waals surface area contributed by atoms with E-state index in [2.05, 4.69) is 30.5 Å². The molecule has 1 aromatic heterocycles. The zero-order valence-electron chi connectivity index (χ0n) is 10.4. The smallest absolute Gasteiger partial charge is 0.303 e. The van der Waals surface area contributed by atoms with Crippen molar-refractivity contribution in [2.24, 2.45) is 7.05 Å². The SMILES string of the molecule is Cc1c(CCC(=O)O)n(C)c2c(C)cccc12. The number of rotatable bonds is 3. The highest BCUT2D eigenvalue weighted by Crippen LogP contribution is 2.27. The van der Waals surface area contributed by atoms with Gasteiger partial charge in [0.15, 0.2) is 0 Å². The molecular formula is C14H17NO2. The highest BCUT2D eigenvalue weighted by molar-refractivity contribution is 5.88. The first kappa shape index (κ1) is 11.7. The normalized spacial score (nSPS) is 11.0. The van der Waals surface area contributed by atoms with Gasteiger partial charge < -0.3 is 9.67 Å². The molecule has 0 radical (unpaired) electrons. The predicted molar refractivity (Wildman–Crippen MR) is 68.3 cm³/mol. The summed E-state index contributed by atoms with van der Waals surface area (Å²) in [7, 11) is 2.01. The Morgan fingerprint density at radius 2 is 2.06 bits per heavy atom. The largest absolute Gasteiger partial charge is 0.481 e. The van der Waals surface area contributed by atoms with Crippen LogP contribution in [0.4, 0.5) is 0 Å². The van der Waals surface area contributed by atoms with Crippen LogP contribution in [0.1, 0.15) is 23.2 Å². The lowest BCUT2D eigenvalue weighted by Crippen LogP contribution is -2.03. The number of benzene rings is 1. The van der Waals surface area contributed by atoms with Crippen molar-refractivity contribution in [2.45, 2.75) is 26.7 Å². The van der Waals surface area contributed by atoms with Crippen LogP contribution in [0.15, 0.2) is 18.2 Å². The fourth-order valence-corrected chi connectivity index (χ4v) is 2.53. The first-order valence-electron chi connectivity index (χ1n) is 5.77. The monoisotopic (exact) mass is 231 g/mol. The van der Waals surface area contributed by atoms with Crippen molar-refractivity contribution in [3.05, 3.63) is 35.0 Å². The fourth-order valence-electron chi connectivity index (χ4n) is 2.53. The van der Waals surface area contributed by atoms with E-state index in [4.69, 9.17) is 5.11 Å². The van der Waals surface area contributed by atoms with Gasteiger partial charge in [0.25, 0.3) is 0 Å². The minimum atomic E-state index is -0.744. The van der Waals surface area contributed by atoms with Crippen molar-refractivity contribution in [1.82, 2.24) is 4.57 Å². The molecule has 0 unspecified atom stereocenters. The zero-order chi connectivity index (χ0) is 12.6. The van der Waals surface area contributed by atoms with E-state index in [0.29, 0.717) is 6.42 Å². The van der Waals surface area contributed by atoms with E-state index in [9.17, 15) is 4.79 Å². The van der Waals surface area contributed by atoms with E-state index in [0.717, 1.165) is 5.69 Å². The minimum absolute atomic E-state index is 0.185. The topological polar surface area (TPSA) is 42.2 Å². The second-order valence-corrected chi connectivity index (χ2v) is 4.50. The van der Waals surface area contributed by atoms with E-state index < -0.39 is 5.97 Å². The molecule has 0 spiro atoms. The lowest BCUT2D eigenvalue weighted by molar-refractivity contribution is -0.136. The van der Waals surface area contributed by atoms with Crippen molar-refractivity contribution in [3.63, 3.8) is 0 Å². The third-order valence-electron chi connectivity index (χ3n) is 3.39. The van der Waals surface area contributed by atoms with Crippen LogP contribution in [0.25, 0.3) is 10.9 Å². The quantitative estimate of drug-likeness (QED) is 0.882. The Bertz CT molecular complexity index is 581. The van der Waals surface area contributed by atoms with E-state index in [-0.39, 0.29) is 6.42 Å². The Kier molecular flexibility index (Phi) is 2.92. The molecule has 2 rings (SSSR count). The van der Waals surface area contributed by atoms with Crippen LogP contribution >= 0.6 is 0 Å². The molecule has 0 aliphatic heterocycles. The van der Waals surface area contributed by atoms with Crippen LogP contribution < -0.4 is 0 Å². The van der Waals surface area contributed by atoms with Crippen molar-refractivity contribution in [2.75, 3.05) is 0 Å². The molecule has 3 heteroatoms. The molecule has 1 aromatic carbocycles. The van der Waals surface area contributed by atoms with Crippen LogP contribution in [-0.4, -0.2) is 15.6 Å². The highest BCUT2D eigenvalue weighted by atomic mass is 16.4. The van der Waals surface area contributed by atoms with E-state index in [1.54, 1.807) is 0 Å². The number of carbonyl (C=O) groups is 1. The molecule has 2 aromatic rings. The summed E-state index contributed by atoms with van der Waals surface area (Å²) in [6.07, 6.45) is 0.774. The van der Waals surface area contributed by atoms with Gasteiger partial charge in [-0.2, -0.15) is 0 Å². The lowest BCUT2D eigenvalue weighted by atomic mass is 10.1. The molecule has 0 saturated heterocycles. The maximum Gasteiger partial charge on any atom is 0.303 e. The molecule has 3 nitrogen and oxygen atoms in total. The maximum absolute atomic E-state index is 10.7. The molecular weight excluding hydrogens is 214 g/mol. The summed E-state index contributed by atoms with van der Waals surface area (Å²) in [5.41, 5.74) is 4.77. The highest BCUT2D eigenvalue weighted by Gasteiger charge is 2.13. The predicted octanol–water partition coefficient (Wildman–Crippen LogP) is 2.81. The molecule has 90 valence electrons. The summed E-state index contributed by atoms with van der Waals surface area (Å²) in [5, 5.41) is 10.0. The van der Waals surface area contributed by atoms with Gasteiger partial charge in [-0.15, -0.1) is 0 Å². The number of aliphatic carboxylic acids is 1. The zero-order valence-corrected chi connectivity index (χ0v) is 10.4. The first-order valence-corrected chi connectivity index (χ1v) is 5.77. The van der Waals surface area contributed by atoms with Crippen LogP contribution in [0.3, 0.4) is 0 Å². The molecule has 0 bridgehead atoms. The van der Waals surface area contributed by atoms with Crippen molar-refractivity contribution in [1.29, 1.82) is 0 Å². The molecule has 0 atom stereocenters. The summed E-state index contributed by atoms with van der Waals surface area (Å²) in [5.74, 6) is -0.744. The van der Waals surface area contributed by atoms with Gasteiger partial charge in [0.1, 0.15) is 0 Å². The third-order valence-corrected chi connectivity index (χ3v) is 3.39. The number of hydrogen-bond acceptors (Lipinski definition) is 1. The molecule has 0 fully saturated rings. The van der Waals surface area contributed by atoms with Crippen LogP contribution in [0, 0.1) is 13.8 Å². The van der Waals surface area contributed by atoms with Crippen molar-refractivity contribution >= 4 is 16.9 Å². The van der Waals surface area contributed by atoms with E-state index >= 15 is 0 Å². The lowest BCUT2D eigenvalue weighted by Gasteiger charge is -2.05. The summed E-state index contributed by atoms with van der Waals surface area (Å²) >= 11 is 0. The molecule has 0 amide bonds. The van der Waals surface area contributed by atoms with Gasteiger partial charge in [-0.25, -0.2) is 0 Å². The first-order chi connectivity index (χ1) is 8.02. The molecule has 0 aliphatic carbocycles. The molecule has 1 heterocycles. The van der Waals surface area contributed by atoms with Crippen molar-refractivity contribution < 1.29 is 9.90 Å². The van der Waals surface area contributed by atoms with Gasteiger partial charge >= 0.3 is 5.97 Å². The Hall–Kier alpha value is -1.77. The van der Waals surface area contributed by atoms with Crippen molar-refractivity contribution in [3.8, 4) is 0 Å². The Balaban J connectivity index is 2.57. The van der Waals surface area contributed by atoms with Crippen LogP contribution in [-0.2, 0) is 18.3 Å². The van der Waals surface area contributed by atoms with Gasteiger partial charge in [0.05, 0.1) is 11.9 Å². The average Bonchev–Trinajstić information content (AvgIpc) is 2.50. The molecule has 1 N–H and O–H groups in total. The second kappa shape index (κ2) is 4.24. The second-order valence-electron chi connectivity index (χ2n) is 4.50. The number of carboxylic acids is 1. The van der Waals surface area contributed by atoms with Crippen LogP contribution in [0.5, 0.6) is 0 Å². The number of para-hydroxylation sites is 1. The summed E-state index contributed by atoms with van der Waals surface area (Å²) in [6.45, 7) is 4.15. The number of carboxylic acid groups (broad SMARTS) is 1. The summed E-state index contributed by atoms with van der Waals surface area (Å²) in [6, 6.07) is 6.23. The summed E-state index contributed by atoms with van der Waals surface area (Å²) < 4.78 is 2.13. The van der Waals surface area contributed by atoms with Gasteiger partial charge in [-0.3, -0.25) is 4.79 Å². The van der Waals surface area contributed by atoms with Gasteiger partial charge in [0, 0.05) is 18.1 Å². The van der Waals surface area contributed by atoms with Gasteiger partial charge in [-0.05, 0) is 31.4 Å². The number of nitrogens with zero attached hydrogens (tertiary/aromatic N) is 1. The van der Waals surface area contributed by atoms with Crippen LogP contribution in [0.2, 0.25) is 0 Å². The number of aromatic nitrogens is 1. The third kappa shape index (κ3) is 1.93. The van der Waals surface area contributed by atoms with Gasteiger partial charge in [0.2, 0.25) is 0 Å². The molecule has 0 aliphatic rings. The molecule has 17 heavy (non-hydrogen) atoms. The molecule has 0 saturated carbocycles. The maximum atomic E-state index is 10.7. The number of hydrogen-bond donors (Lipinski definition) is 1.